The van der Waals surface area contributed by atoms with Crippen LogP contribution < -0.4 is 10.1 Å². The molecule has 0 heterocycles. The topological polar surface area (TPSA) is 45.0 Å². The van der Waals surface area contributed by atoms with Crippen LogP contribution >= 0.6 is 0 Å². The highest BCUT2D eigenvalue weighted by molar-refractivity contribution is 5.40. The van der Waals surface area contributed by atoms with Crippen molar-refractivity contribution >= 4 is 0 Å². The van der Waals surface area contributed by atoms with E-state index < -0.39 is 0 Å². The zero-order chi connectivity index (χ0) is 13.5. The largest absolute Gasteiger partial charge is 0.496 e. The number of ether oxygens (including phenoxy) is 1. The summed E-state index contributed by atoms with van der Waals surface area (Å²) in [7, 11) is 3.63. The molecular weight excluding hydrogens is 224 g/mol. The van der Waals surface area contributed by atoms with Gasteiger partial charge in [0.2, 0.25) is 0 Å². The predicted molar refractivity (Wildman–Crippen MR) is 73.7 cm³/mol. The molecule has 0 saturated heterocycles. The van der Waals surface area contributed by atoms with E-state index in [1.165, 1.54) is 11.1 Å². The first kappa shape index (κ1) is 14.5. The minimum atomic E-state index is 0.230. The van der Waals surface area contributed by atoms with Crippen LogP contribution in [-0.4, -0.2) is 14.2 Å². The highest BCUT2D eigenvalue weighted by Crippen LogP contribution is 2.30. The molecule has 0 aromatic heterocycles. The molecule has 0 aliphatic heterocycles. The van der Waals surface area contributed by atoms with E-state index in [1.54, 1.807) is 7.11 Å². The quantitative estimate of drug-likeness (QED) is 0.837. The van der Waals surface area contributed by atoms with Crippen molar-refractivity contribution < 1.29 is 4.74 Å². The van der Waals surface area contributed by atoms with Gasteiger partial charge in [-0.05, 0) is 36.6 Å². The van der Waals surface area contributed by atoms with Gasteiger partial charge in [-0.2, -0.15) is 5.26 Å². The fraction of sp³-hybridized carbons (Fsp3) is 0.533. The van der Waals surface area contributed by atoms with Crippen molar-refractivity contribution in [1.82, 2.24) is 5.32 Å². The predicted octanol–water partition coefficient (Wildman–Crippen LogP) is 3.38. The van der Waals surface area contributed by atoms with E-state index >= 15 is 0 Å². The van der Waals surface area contributed by atoms with E-state index in [9.17, 15) is 0 Å². The van der Waals surface area contributed by atoms with Crippen molar-refractivity contribution in [2.45, 2.75) is 38.6 Å². The standard InChI is InChI=1S/C15H22N2O/c1-11(2)13-10-12(7-8-15(13)18-4)14(17-3)6-5-9-16/h7-8,10-11,14,17H,5-6H2,1-4H3. The van der Waals surface area contributed by atoms with Crippen LogP contribution in [0.3, 0.4) is 0 Å². The molecule has 0 fully saturated rings. The second-order valence-corrected chi connectivity index (χ2v) is 4.69. The molecule has 3 heteroatoms. The van der Waals surface area contributed by atoms with E-state index in [-0.39, 0.29) is 6.04 Å². The van der Waals surface area contributed by atoms with Gasteiger partial charge in [-0.1, -0.05) is 26.0 Å². The Morgan fingerprint density at radius 2 is 2.11 bits per heavy atom. The third-order valence-electron chi connectivity index (χ3n) is 3.17. The Morgan fingerprint density at radius 3 is 2.61 bits per heavy atom. The lowest BCUT2D eigenvalue weighted by molar-refractivity contribution is 0.407. The SMILES string of the molecule is CNC(CCC#N)c1ccc(OC)c(C(C)C)c1. The molecule has 1 aromatic rings. The molecule has 1 atom stereocenters. The van der Waals surface area contributed by atoms with Crippen molar-refractivity contribution in [1.29, 1.82) is 5.26 Å². The lowest BCUT2D eigenvalue weighted by Crippen LogP contribution is -2.16. The molecule has 0 spiro atoms. The van der Waals surface area contributed by atoms with Gasteiger partial charge < -0.3 is 10.1 Å². The summed E-state index contributed by atoms with van der Waals surface area (Å²) in [5.41, 5.74) is 2.43. The molecule has 1 aromatic carbocycles. The third-order valence-corrected chi connectivity index (χ3v) is 3.17. The number of hydrogen-bond acceptors (Lipinski definition) is 3. The van der Waals surface area contributed by atoms with Gasteiger partial charge in [0.25, 0.3) is 0 Å². The molecule has 0 aliphatic carbocycles. The fourth-order valence-corrected chi connectivity index (χ4v) is 2.11. The van der Waals surface area contributed by atoms with E-state index in [2.05, 4.69) is 37.4 Å². The zero-order valence-electron chi connectivity index (χ0n) is 11.7. The first-order valence-corrected chi connectivity index (χ1v) is 6.36. The van der Waals surface area contributed by atoms with Gasteiger partial charge >= 0.3 is 0 Å². The van der Waals surface area contributed by atoms with Crippen molar-refractivity contribution in [2.24, 2.45) is 0 Å². The van der Waals surface area contributed by atoms with Crippen LogP contribution in [0, 0.1) is 11.3 Å². The average Bonchev–Trinajstić information content (AvgIpc) is 2.39. The van der Waals surface area contributed by atoms with Crippen LogP contribution in [-0.2, 0) is 0 Å². The Kier molecular flexibility index (Phi) is 5.67. The molecule has 3 nitrogen and oxygen atoms in total. The lowest BCUT2D eigenvalue weighted by atomic mass is 9.95. The maximum atomic E-state index is 8.68. The summed E-state index contributed by atoms with van der Waals surface area (Å²) in [6.07, 6.45) is 1.39. The Bertz CT molecular complexity index is 421. The Labute approximate surface area is 110 Å². The number of hydrogen-bond donors (Lipinski definition) is 1. The summed E-state index contributed by atoms with van der Waals surface area (Å²) in [4.78, 5) is 0. The molecule has 0 amide bonds. The second kappa shape index (κ2) is 7.03. The zero-order valence-corrected chi connectivity index (χ0v) is 11.7. The Balaban J connectivity index is 3.02. The molecule has 1 N–H and O–H groups in total. The van der Waals surface area contributed by atoms with Crippen LogP contribution in [0.25, 0.3) is 0 Å². The first-order chi connectivity index (χ1) is 8.63. The molecular formula is C15H22N2O. The molecule has 98 valence electrons. The van der Waals surface area contributed by atoms with Crippen LogP contribution in [0.2, 0.25) is 0 Å². The number of rotatable bonds is 6. The van der Waals surface area contributed by atoms with Crippen LogP contribution in [0.15, 0.2) is 18.2 Å². The molecule has 1 rings (SSSR count). The summed E-state index contributed by atoms with van der Waals surface area (Å²) < 4.78 is 5.38. The van der Waals surface area contributed by atoms with Crippen LogP contribution in [0.5, 0.6) is 5.75 Å². The summed E-state index contributed by atoms with van der Waals surface area (Å²) in [6.45, 7) is 4.32. The van der Waals surface area contributed by atoms with E-state index in [1.807, 2.05) is 13.1 Å². The van der Waals surface area contributed by atoms with Gasteiger partial charge in [0.05, 0.1) is 13.2 Å². The van der Waals surface area contributed by atoms with Crippen LogP contribution in [0.4, 0.5) is 0 Å². The average molecular weight is 246 g/mol. The number of nitrogens with zero attached hydrogens (tertiary/aromatic N) is 1. The van der Waals surface area contributed by atoms with Gasteiger partial charge in [0.1, 0.15) is 5.75 Å². The lowest BCUT2D eigenvalue weighted by Gasteiger charge is -2.19. The molecule has 0 saturated carbocycles. The first-order valence-electron chi connectivity index (χ1n) is 6.36. The molecule has 0 aliphatic rings. The highest BCUT2D eigenvalue weighted by atomic mass is 16.5. The summed E-state index contributed by atoms with van der Waals surface area (Å²) in [6, 6.07) is 8.70. The van der Waals surface area contributed by atoms with E-state index in [0.717, 1.165) is 12.2 Å². The maximum Gasteiger partial charge on any atom is 0.122 e. The van der Waals surface area contributed by atoms with E-state index in [4.69, 9.17) is 10.00 Å². The molecule has 1 unspecified atom stereocenters. The molecule has 18 heavy (non-hydrogen) atoms. The number of benzene rings is 1. The number of nitrogens with one attached hydrogen (secondary N) is 1. The van der Waals surface area contributed by atoms with Crippen molar-refractivity contribution in [3.8, 4) is 11.8 Å². The van der Waals surface area contributed by atoms with Crippen molar-refractivity contribution in [3.05, 3.63) is 29.3 Å². The molecule has 0 bridgehead atoms. The fourth-order valence-electron chi connectivity index (χ4n) is 2.11. The minimum Gasteiger partial charge on any atom is -0.496 e. The van der Waals surface area contributed by atoms with Gasteiger partial charge in [-0.3, -0.25) is 0 Å². The van der Waals surface area contributed by atoms with Crippen molar-refractivity contribution in [3.63, 3.8) is 0 Å². The highest BCUT2D eigenvalue weighted by Gasteiger charge is 2.13. The smallest absolute Gasteiger partial charge is 0.122 e. The second-order valence-electron chi connectivity index (χ2n) is 4.69. The van der Waals surface area contributed by atoms with E-state index in [0.29, 0.717) is 12.3 Å². The Morgan fingerprint density at radius 1 is 1.39 bits per heavy atom. The normalized spacial score (nSPS) is 12.2. The third kappa shape index (κ3) is 3.48. The van der Waals surface area contributed by atoms with Gasteiger partial charge in [-0.15, -0.1) is 0 Å². The summed E-state index contributed by atoms with van der Waals surface area (Å²) in [5.74, 6) is 1.36. The van der Waals surface area contributed by atoms with Crippen molar-refractivity contribution in [2.75, 3.05) is 14.2 Å². The maximum absolute atomic E-state index is 8.68. The van der Waals surface area contributed by atoms with Crippen LogP contribution in [0.1, 0.15) is 49.8 Å². The number of nitriles is 1. The summed E-state index contributed by atoms with van der Waals surface area (Å²) >= 11 is 0. The van der Waals surface area contributed by atoms with Gasteiger partial charge in [-0.25, -0.2) is 0 Å². The monoisotopic (exact) mass is 246 g/mol. The Hall–Kier alpha value is -1.53. The minimum absolute atomic E-state index is 0.230. The van der Waals surface area contributed by atoms with Gasteiger partial charge in [0, 0.05) is 12.5 Å². The van der Waals surface area contributed by atoms with Gasteiger partial charge in [0.15, 0.2) is 0 Å². The summed E-state index contributed by atoms with van der Waals surface area (Å²) in [5, 5.41) is 11.9. The number of methoxy groups -OCH3 is 1. The molecule has 0 radical (unpaired) electrons.